The van der Waals surface area contributed by atoms with Crippen LogP contribution in [0, 0.1) is 0 Å². The van der Waals surface area contributed by atoms with Crippen LogP contribution >= 0.6 is 11.8 Å². The first-order valence-corrected chi connectivity index (χ1v) is 4.98. The molecule has 0 radical (unpaired) electrons. The smallest absolute Gasteiger partial charge is 0.0649 e. The summed E-state index contributed by atoms with van der Waals surface area (Å²) in [6.07, 6.45) is 3.93. The first-order valence-electron chi connectivity index (χ1n) is 4.00. The maximum Gasteiger partial charge on any atom is 0.0649 e. The fourth-order valence-electron chi connectivity index (χ4n) is 1.14. The molecule has 0 N–H and O–H groups in total. The van der Waals surface area contributed by atoms with E-state index in [0.29, 0.717) is 6.04 Å². The summed E-state index contributed by atoms with van der Waals surface area (Å²) in [7, 11) is 0. The summed E-state index contributed by atoms with van der Waals surface area (Å²) in [6, 6.07) is 0.643. The molecule has 0 aromatic heterocycles. The maximum absolute atomic E-state index is 4.51. The quantitative estimate of drug-likeness (QED) is 0.613. The highest BCUT2D eigenvalue weighted by atomic mass is 32.2. The minimum atomic E-state index is 0.643. The number of nitrogens with zero attached hydrogens (tertiary/aromatic N) is 1. The van der Waals surface area contributed by atoms with Gasteiger partial charge in [-0.15, -0.1) is 11.8 Å². The average molecular weight is 157 g/mol. The summed E-state index contributed by atoms with van der Waals surface area (Å²) in [4.78, 5) is 4.51. The van der Waals surface area contributed by atoms with Gasteiger partial charge in [0, 0.05) is 5.75 Å². The molecule has 0 bridgehead atoms. The molecule has 0 fully saturated rings. The minimum absolute atomic E-state index is 0.643. The lowest BCUT2D eigenvalue weighted by molar-refractivity contribution is 0.630. The van der Waals surface area contributed by atoms with Gasteiger partial charge >= 0.3 is 0 Å². The first kappa shape index (κ1) is 8.12. The van der Waals surface area contributed by atoms with Crippen molar-refractivity contribution in [2.75, 3.05) is 5.75 Å². The van der Waals surface area contributed by atoms with Crippen LogP contribution in [0.1, 0.15) is 33.1 Å². The summed E-state index contributed by atoms with van der Waals surface area (Å²) in [5.41, 5.74) is 0. The van der Waals surface area contributed by atoms with Gasteiger partial charge in [-0.05, 0) is 13.3 Å². The van der Waals surface area contributed by atoms with Crippen molar-refractivity contribution in [3.05, 3.63) is 0 Å². The van der Waals surface area contributed by atoms with Gasteiger partial charge in [0.15, 0.2) is 0 Å². The highest BCUT2D eigenvalue weighted by Gasteiger charge is 2.13. The fourth-order valence-corrected chi connectivity index (χ4v) is 2.03. The van der Waals surface area contributed by atoms with Gasteiger partial charge in [0.1, 0.15) is 0 Å². The monoisotopic (exact) mass is 157 g/mol. The van der Waals surface area contributed by atoms with Crippen molar-refractivity contribution in [1.29, 1.82) is 0 Å². The topological polar surface area (TPSA) is 12.4 Å². The molecule has 0 aromatic carbocycles. The Labute approximate surface area is 67.3 Å². The largest absolute Gasteiger partial charge is 0.279 e. The zero-order valence-corrected chi connectivity index (χ0v) is 7.58. The molecule has 1 aliphatic rings. The van der Waals surface area contributed by atoms with E-state index < -0.39 is 0 Å². The zero-order chi connectivity index (χ0) is 7.40. The van der Waals surface area contributed by atoms with Gasteiger partial charge in [-0.1, -0.05) is 19.8 Å². The molecule has 0 saturated heterocycles. The summed E-state index contributed by atoms with van der Waals surface area (Å²) in [5.74, 6) is 1.23. The van der Waals surface area contributed by atoms with Crippen LogP contribution in [-0.2, 0) is 0 Å². The lowest BCUT2D eigenvalue weighted by Gasteiger charge is -2.01. The standard InChI is InChI=1S/C8H15NS/c1-3-4-5-8-6-10-7(2)9-8/h8H,3-6H2,1-2H3. The Morgan fingerprint density at radius 3 is 3.00 bits per heavy atom. The number of rotatable bonds is 3. The average Bonchev–Trinajstić information content (AvgIpc) is 2.31. The van der Waals surface area contributed by atoms with Crippen molar-refractivity contribution in [2.45, 2.75) is 39.2 Å². The molecule has 0 saturated carbocycles. The van der Waals surface area contributed by atoms with Crippen LogP contribution in [0.25, 0.3) is 0 Å². The Morgan fingerprint density at radius 2 is 2.50 bits per heavy atom. The number of aliphatic imine (C=N–C) groups is 1. The van der Waals surface area contributed by atoms with Gasteiger partial charge in [-0.2, -0.15) is 0 Å². The van der Waals surface area contributed by atoms with E-state index in [1.165, 1.54) is 30.1 Å². The van der Waals surface area contributed by atoms with Gasteiger partial charge in [-0.3, -0.25) is 4.99 Å². The van der Waals surface area contributed by atoms with E-state index >= 15 is 0 Å². The van der Waals surface area contributed by atoms with Crippen molar-refractivity contribution < 1.29 is 0 Å². The number of hydrogen-bond acceptors (Lipinski definition) is 2. The molecular weight excluding hydrogens is 142 g/mol. The Hall–Kier alpha value is 0.0200. The van der Waals surface area contributed by atoms with Crippen molar-refractivity contribution in [2.24, 2.45) is 4.99 Å². The lowest BCUT2D eigenvalue weighted by atomic mass is 10.1. The summed E-state index contributed by atoms with van der Waals surface area (Å²) in [5, 5.41) is 1.28. The highest BCUT2D eigenvalue weighted by molar-refractivity contribution is 8.14. The van der Waals surface area contributed by atoms with Crippen LogP contribution in [0.3, 0.4) is 0 Å². The third-order valence-corrected chi connectivity index (χ3v) is 2.81. The van der Waals surface area contributed by atoms with Crippen LogP contribution in [0.2, 0.25) is 0 Å². The highest BCUT2D eigenvalue weighted by Crippen LogP contribution is 2.20. The Morgan fingerprint density at radius 1 is 1.70 bits per heavy atom. The second-order valence-corrected chi connectivity index (χ2v) is 3.97. The summed E-state index contributed by atoms with van der Waals surface area (Å²) >= 11 is 1.91. The lowest BCUT2D eigenvalue weighted by Crippen LogP contribution is -2.02. The second kappa shape index (κ2) is 4.02. The van der Waals surface area contributed by atoms with Gasteiger partial charge in [-0.25, -0.2) is 0 Å². The molecular formula is C8H15NS. The van der Waals surface area contributed by atoms with Crippen LogP contribution in [-0.4, -0.2) is 16.8 Å². The zero-order valence-electron chi connectivity index (χ0n) is 6.76. The van der Waals surface area contributed by atoms with E-state index in [-0.39, 0.29) is 0 Å². The van der Waals surface area contributed by atoms with Gasteiger partial charge in [0.2, 0.25) is 0 Å². The molecule has 0 spiro atoms. The van der Waals surface area contributed by atoms with Crippen LogP contribution in [0.5, 0.6) is 0 Å². The third kappa shape index (κ3) is 2.33. The molecule has 1 unspecified atom stereocenters. The van der Waals surface area contributed by atoms with Crippen molar-refractivity contribution in [3.8, 4) is 0 Å². The normalized spacial score (nSPS) is 25.0. The number of unbranched alkanes of at least 4 members (excludes halogenated alkanes) is 1. The van der Waals surface area contributed by atoms with Crippen LogP contribution in [0.15, 0.2) is 4.99 Å². The van der Waals surface area contributed by atoms with Crippen molar-refractivity contribution in [1.82, 2.24) is 0 Å². The Balaban J connectivity index is 2.18. The van der Waals surface area contributed by atoms with Gasteiger partial charge in [0.25, 0.3) is 0 Å². The Kier molecular flexibility index (Phi) is 3.26. The van der Waals surface area contributed by atoms with Crippen molar-refractivity contribution >= 4 is 16.8 Å². The van der Waals surface area contributed by atoms with Gasteiger partial charge in [0.05, 0.1) is 11.1 Å². The molecule has 1 heterocycles. The third-order valence-electron chi connectivity index (χ3n) is 1.74. The van der Waals surface area contributed by atoms with E-state index in [9.17, 15) is 0 Å². The van der Waals surface area contributed by atoms with Crippen molar-refractivity contribution in [3.63, 3.8) is 0 Å². The molecule has 0 amide bonds. The molecule has 58 valence electrons. The number of hydrogen-bond donors (Lipinski definition) is 0. The van der Waals surface area contributed by atoms with Crippen LogP contribution < -0.4 is 0 Å². The maximum atomic E-state index is 4.51. The predicted octanol–water partition coefficient (Wildman–Crippen LogP) is 2.71. The minimum Gasteiger partial charge on any atom is -0.279 e. The van der Waals surface area contributed by atoms with E-state index in [4.69, 9.17) is 0 Å². The molecule has 1 aliphatic heterocycles. The first-order chi connectivity index (χ1) is 4.83. The van der Waals surface area contributed by atoms with Gasteiger partial charge < -0.3 is 0 Å². The molecule has 10 heavy (non-hydrogen) atoms. The molecule has 0 aromatic rings. The fraction of sp³-hybridized carbons (Fsp3) is 0.875. The molecule has 0 aliphatic carbocycles. The molecule has 2 heteroatoms. The molecule has 1 atom stereocenters. The van der Waals surface area contributed by atoms with Crippen LogP contribution in [0.4, 0.5) is 0 Å². The molecule has 1 rings (SSSR count). The predicted molar refractivity (Wildman–Crippen MR) is 48.9 cm³/mol. The van der Waals surface area contributed by atoms with E-state index in [2.05, 4.69) is 18.8 Å². The van der Waals surface area contributed by atoms with E-state index in [1.807, 2.05) is 11.8 Å². The van der Waals surface area contributed by atoms with E-state index in [0.717, 1.165) is 0 Å². The second-order valence-electron chi connectivity index (χ2n) is 2.76. The number of thioether (sulfide) groups is 1. The van der Waals surface area contributed by atoms with E-state index in [1.54, 1.807) is 0 Å². The summed E-state index contributed by atoms with van der Waals surface area (Å²) in [6.45, 7) is 4.34. The summed E-state index contributed by atoms with van der Waals surface area (Å²) < 4.78 is 0. The Bertz CT molecular complexity index is 131. The molecule has 1 nitrogen and oxygen atoms in total. The SMILES string of the molecule is CCCCC1CSC(C)=N1.